The molecular formula is C25H26N6. The first kappa shape index (κ1) is 19.3. The van der Waals surface area contributed by atoms with Crippen molar-refractivity contribution in [3.8, 4) is 22.4 Å². The number of aryl methyl sites for hydroxylation is 1. The Morgan fingerprint density at radius 1 is 1.00 bits per heavy atom. The van der Waals surface area contributed by atoms with Crippen LogP contribution < -0.4 is 5.73 Å². The van der Waals surface area contributed by atoms with Gasteiger partial charge in [0, 0.05) is 48.1 Å². The van der Waals surface area contributed by atoms with E-state index in [1.807, 2.05) is 47.1 Å². The van der Waals surface area contributed by atoms with Crippen molar-refractivity contribution in [1.82, 2.24) is 24.5 Å². The third-order valence-corrected chi connectivity index (χ3v) is 6.02. The highest BCUT2D eigenvalue weighted by Gasteiger charge is 2.21. The quantitative estimate of drug-likeness (QED) is 0.471. The molecule has 2 N–H and O–H groups in total. The lowest BCUT2D eigenvalue weighted by Gasteiger charge is -2.24. The minimum absolute atomic E-state index is 0.556. The SMILES string of the molecule is CCN1C=CCC1CCc1ccnc2c(-c3ccc(N)cc3)c(-c3ccncc3)nn12. The van der Waals surface area contributed by atoms with Crippen LogP contribution in [-0.4, -0.2) is 37.1 Å². The van der Waals surface area contributed by atoms with E-state index in [0.717, 1.165) is 59.5 Å². The minimum Gasteiger partial charge on any atom is -0.399 e. The molecule has 0 bridgehead atoms. The largest absolute Gasteiger partial charge is 0.399 e. The molecule has 31 heavy (non-hydrogen) atoms. The van der Waals surface area contributed by atoms with Gasteiger partial charge in [0.25, 0.3) is 0 Å². The molecule has 1 aromatic carbocycles. The molecule has 0 amide bonds. The molecule has 1 aliphatic rings. The Morgan fingerprint density at radius 2 is 1.81 bits per heavy atom. The monoisotopic (exact) mass is 410 g/mol. The maximum atomic E-state index is 5.93. The fourth-order valence-electron chi connectivity index (χ4n) is 4.38. The molecule has 3 aromatic heterocycles. The number of nitrogen functional groups attached to an aromatic ring is 1. The third-order valence-electron chi connectivity index (χ3n) is 6.02. The van der Waals surface area contributed by atoms with Crippen molar-refractivity contribution < 1.29 is 0 Å². The maximum absolute atomic E-state index is 5.93. The van der Waals surface area contributed by atoms with Crippen molar-refractivity contribution in [2.45, 2.75) is 32.2 Å². The molecule has 0 saturated heterocycles. The van der Waals surface area contributed by atoms with E-state index in [9.17, 15) is 0 Å². The lowest BCUT2D eigenvalue weighted by molar-refractivity contribution is 0.297. The molecule has 6 heteroatoms. The van der Waals surface area contributed by atoms with Gasteiger partial charge in [0.2, 0.25) is 0 Å². The summed E-state index contributed by atoms with van der Waals surface area (Å²) in [5.74, 6) is 0. The zero-order valence-electron chi connectivity index (χ0n) is 17.6. The van der Waals surface area contributed by atoms with Crippen molar-refractivity contribution in [3.05, 3.63) is 79.0 Å². The zero-order valence-corrected chi connectivity index (χ0v) is 17.6. The summed E-state index contributed by atoms with van der Waals surface area (Å²) in [6.45, 7) is 3.25. The first-order valence-electron chi connectivity index (χ1n) is 10.8. The Kier molecular flexibility index (Phi) is 5.12. The van der Waals surface area contributed by atoms with Crippen LogP contribution >= 0.6 is 0 Å². The second-order valence-electron chi connectivity index (χ2n) is 7.90. The molecule has 1 atom stereocenters. The number of fused-ring (bicyclic) bond motifs is 1. The number of anilines is 1. The molecule has 156 valence electrons. The van der Waals surface area contributed by atoms with Gasteiger partial charge in [-0.05, 0) is 68.3 Å². The van der Waals surface area contributed by atoms with Crippen molar-refractivity contribution in [3.63, 3.8) is 0 Å². The molecule has 0 spiro atoms. The van der Waals surface area contributed by atoms with Gasteiger partial charge in [-0.15, -0.1) is 0 Å². The summed E-state index contributed by atoms with van der Waals surface area (Å²) in [4.78, 5) is 11.3. The van der Waals surface area contributed by atoms with E-state index in [1.54, 1.807) is 12.4 Å². The number of nitrogens with two attached hydrogens (primary N) is 1. The van der Waals surface area contributed by atoms with Crippen LogP contribution in [0.1, 0.15) is 25.5 Å². The van der Waals surface area contributed by atoms with Gasteiger partial charge in [0.15, 0.2) is 5.65 Å². The van der Waals surface area contributed by atoms with E-state index >= 15 is 0 Å². The van der Waals surface area contributed by atoms with Gasteiger partial charge in [0.1, 0.15) is 5.69 Å². The maximum Gasteiger partial charge on any atom is 0.163 e. The Bertz CT molecular complexity index is 1210. The molecule has 0 radical (unpaired) electrons. The molecule has 0 fully saturated rings. The summed E-state index contributed by atoms with van der Waals surface area (Å²) in [5, 5.41) is 5.03. The van der Waals surface area contributed by atoms with E-state index < -0.39 is 0 Å². The average molecular weight is 411 g/mol. The van der Waals surface area contributed by atoms with Gasteiger partial charge < -0.3 is 10.6 Å². The molecular weight excluding hydrogens is 384 g/mol. The highest BCUT2D eigenvalue weighted by Crippen LogP contribution is 2.35. The number of nitrogens with zero attached hydrogens (tertiary/aromatic N) is 5. The van der Waals surface area contributed by atoms with E-state index in [4.69, 9.17) is 15.8 Å². The van der Waals surface area contributed by atoms with Gasteiger partial charge >= 0.3 is 0 Å². The predicted molar refractivity (Wildman–Crippen MR) is 124 cm³/mol. The van der Waals surface area contributed by atoms with Crippen LogP contribution in [0.4, 0.5) is 5.69 Å². The number of hydrogen-bond donors (Lipinski definition) is 1. The predicted octanol–water partition coefficient (Wildman–Crippen LogP) is 4.58. The van der Waals surface area contributed by atoms with Crippen LogP contribution in [0.25, 0.3) is 28.0 Å². The molecule has 4 heterocycles. The van der Waals surface area contributed by atoms with E-state index in [-0.39, 0.29) is 0 Å². The highest BCUT2D eigenvalue weighted by atomic mass is 15.3. The highest BCUT2D eigenvalue weighted by molar-refractivity contribution is 5.90. The third kappa shape index (κ3) is 3.65. The number of aromatic nitrogens is 4. The lowest BCUT2D eigenvalue weighted by atomic mass is 10.0. The Hall–Kier alpha value is -3.67. The van der Waals surface area contributed by atoms with Crippen molar-refractivity contribution >= 4 is 11.3 Å². The molecule has 5 rings (SSSR count). The van der Waals surface area contributed by atoms with Crippen LogP contribution in [-0.2, 0) is 6.42 Å². The van der Waals surface area contributed by atoms with Crippen molar-refractivity contribution in [2.24, 2.45) is 0 Å². The van der Waals surface area contributed by atoms with Crippen LogP contribution in [0.3, 0.4) is 0 Å². The van der Waals surface area contributed by atoms with Crippen LogP contribution in [0.2, 0.25) is 0 Å². The summed E-state index contributed by atoms with van der Waals surface area (Å²) in [6.07, 6.45) is 13.1. The number of pyridine rings is 1. The smallest absolute Gasteiger partial charge is 0.163 e. The van der Waals surface area contributed by atoms with Crippen molar-refractivity contribution in [1.29, 1.82) is 0 Å². The first-order chi connectivity index (χ1) is 15.2. The van der Waals surface area contributed by atoms with Gasteiger partial charge in [-0.2, -0.15) is 5.10 Å². The summed E-state index contributed by atoms with van der Waals surface area (Å²) < 4.78 is 2.01. The van der Waals surface area contributed by atoms with Gasteiger partial charge in [-0.3, -0.25) is 4.98 Å². The Balaban J connectivity index is 1.59. The second-order valence-corrected chi connectivity index (χ2v) is 7.90. The molecule has 6 nitrogen and oxygen atoms in total. The minimum atomic E-state index is 0.556. The molecule has 1 unspecified atom stereocenters. The molecule has 1 aliphatic heterocycles. The average Bonchev–Trinajstić information content (AvgIpc) is 3.43. The summed E-state index contributed by atoms with van der Waals surface area (Å²) in [7, 11) is 0. The first-order valence-corrected chi connectivity index (χ1v) is 10.8. The number of hydrogen-bond acceptors (Lipinski definition) is 5. The normalized spacial score (nSPS) is 15.8. The van der Waals surface area contributed by atoms with Crippen LogP contribution in [0.15, 0.2) is 73.3 Å². The Labute approximate surface area is 182 Å². The van der Waals surface area contributed by atoms with E-state index in [0.29, 0.717) is 6.04 Å². The van der Waals surface area contributed by atoms with Gasteiger partial charge in [-0.25, -0.2) is 9.50 Å². The Morgan fingerprint density at radius 3 is 2.58 bits per heavy atom. The molecule has 0 aliphatic carbocycles. The zero-order chi connectivity index (χ0) is 21.2. The number of benzene rings is 1. The number of rotatable bonds is 6. The fourth-order valence-corrected chi connectivity index (χ4v) is 4.38. The summed E-state index contributed by atoms with van der Waals surface area (Å²) in [5.41, 5.74) is 12.7. The lowest BCUT2D eigenvalue weighted by Crippen LogP contribution is -2.27. The second kappa shape index (κ2) is 8.22. The topological polar surface area (TPSA) is 72.3 Å². The van der Waals surface area contributed by atoms with Crippen LogP contribution in [0, 0.1) is 0 Å². The van der Waals surface area contributed by atoms with E-state index in [2.05, 4.69) is 35.1 Å². The fraction of sp³-hybridized carbons (Fsp3) is 0.240. The van der Waals surface area contributed by atoms with Gasteiger partial charge in [0.05, 0.1) is 5.56 Å². The van der Waals surface area contributed by atoms with Gasteiger partial charge in [-0.1, -0.05) is 18.2 Å². The van der Waals surface area contributed by atoms with Crippen molar-refractivity contribution in [2.75, 3.05) is 12.3 Å². The molecule has 4 aromatic rings. The standard InChI is InChI=1S/C25H26N6/c1-2-30-17-3-4-21(30)9-10-22-13-16-28-25-23(18-5-7-20(26)8-6-18)24(29-31(22)25)19-11-14-27-15-12-19/h3,5-8,11-17,21H,2,4,9-10,26H2,1H3. The molecule has 0 saturated carbocycles. The summed E-state index contributed by atoms with van der Waals surface area (Å²) in [6, 6.07) is 14.5. The summed E-state index contributed by atoms with van der Waals surface area (Å²) >= 11 is 0. The van der Waals surface area contributed by atoms with E-state index in [1.165, 1.54) is 5.69 Å². The van der Waals surface area contributed by atoms with Crippen LogP contribution in [0.5, 0.6) is 0 Å².